The molecule has 0 spiro atoms. The van der Waals surface area contributed by atoms with Gasteiger partial charge in [-0.15, -0.1) is 0 Å². The summed E-state index contributed by atoms with van der Waals surface area (Å²) in [7, 11) is 4.55. The fraction of sp³-hybridized carbons (Fsp3) is 0.519. The van der Waals surface area contributed by atoms with Crippen molar-refractivity contribution in [3.8, 4) is 11.5 Å². The molecule has 3 aromatic rings. The Bertz CT molecular complexity index is 5000. The zero-order valence-electron chi connectivity index (χ0n) is 72.3. The van der Waals surface area contributed by atoms with E-state index in [4.69, 9.17) is 16.6 Å². The number of aliphatic carboxylic acids is 2. The van der Waals surface area contributed by atoms with Crippen LogP contribution in [-0.2, 0) is 33.6 Å². The van der Waals surface area contributed by atoms with Gasteiger partial charge in [0.2, 0.25) is 94.4 Å². The van der Waals surface area contributed by atoms with Gasteiger partial charge in [-0.25, -0.2) is 84.7 Å². The van der Waals surface area contributed by atoms with Crippen LogP contribution in [0.1, 0.15) is 96.3 Å². The molecule has 133 heavy (non-hydrogen) atoms. The first-order valence-electron chi connectivity index (χ1n) is 41.2. The highest BCUT2D eigenvalue weighted by molar-refractivity contribution is 8.77. The predicted octanol–water partition coefficient (Wildman–Crippen LogP) is 8.73. The second kappa shape index (κ2) is 53.1. The molecule has 52 heteroatoms. The Labute approximate surface area is 785 Å². The van der Waals surface area contributed by atoms with E-state index >= 15 is 4.79 Å². The van der Waals surface area contributed by atoms with Crippen molar-refractivity contribution < 1.29 is 132 Å². The molecule has 1 saturated heterocycles. The Morgan fingerprint density at radius 3 is 1.50 bits per heavy atom. The van der Waals surface area contributed by atoms with E-state index in [1.165, 1.54) is 62.4 Å². The lowest BCUT2D eigenvalue weighted by molar-refractivity contribution is -0.139. The molecule has 726 valence electrons. The molecule has 0 aliphatic carbocycles. The maximum absolute atomic E-state index is 15.1. The van der Waals surface area contributed by atoms with Crippen molar-refractivity contribution in [2.75, 3.05) is 47.6 Å². The van der Waals surface area contributed by atoms with Crippen LogP contribution in [0.5, 0.6) is 11.5 Å². The van der Waals surface area contributed by atoms with Crippen molar-refractivity contribution in [1.82, 2.24) is 4.90 Å². The topological polar surface area (TPSA) is 791 Å². The number of carboxylic acids is 2. The SMILES string of the molecule is CC(C)CC1N=C(O)C(CCC(=O)O)N=C(O)C2CSSCC3N=C(O)C(C)N=C(O)C4CCCN4C(=O)C(CC(=N)O)N=C(O)C(CSSCC(N=C(O)C(Cc4ccc(O)cc4)N=C(O)C(Cc4ccccc4)N=C(O)C(N=C(O)C(N)CC(=N)O)C(C)O)C(O)=N2)N=C(O)C(CSSCC(C(O)=NC(Cc2ccc(O)cc2)C(=O)O)N=C(O)CN=C(O)C(C)N=C3O)N=C1O. The first-order valence-corrected chi connectivity index (χ1v) is 48.7. The molecule has 0 saturated carbocycles. The molecule has 1 amide bonds. The third-order valence-electron chi connectivity index (χ3n) is 19.7. The van der Waals surface area contributed by atoms with E-state index in [1.807, 2.05) is 0 Å². The minimum Gasteiger partial charge on any atom is -0.508 e. The van der Waals surface area contributed by atoms with Crippen molar-refractivity contribution in [3.63, 3.8) is 0 Å². The molecule has 4 bridgehead atoms. The van der Waals surface area contributed by atoms with E-state index < -0.39 is 312 Å². The number of aliphatic imine (C=N–C) groups is 16. The standard InChI is InChI=1S/C81H110N20O26S6/c1-37(2)24-48-69(114)96-57-35-130-128-31-53(73(118)94-52(81(126)127)27-43-15-19-45(104)20-16-43)88-62(107)30-85-65(110)38(3)86-72(117)54-32-129-131-33-55(74(119)89-47(68(113)90-48)21-22-63(108)109)98-77(122)58(36-133-132-34-56(99-76(57)121)75(120)93-51(29-61(84)106)80(125)101-23-9-12-59(101)78(123)87-39(4)66(111)95-54)97-71(116)49(26-42-13-17-44(103)18-14-42)91-70(115)50(25-41-10-7-6-8-11-41)92-79(124)64(40(5)102)100-67(112)46(82)28-60(83)105/h6-8,10-11,13-20,37-40,46-59,64,102-104H,9,12,21-36,82H2,1-5H3,(H2,83,105)(H2,84,106)(H,85,110)(H,86,117)(H,87,123)(H,88,107)(H,89,119)(H,90,113)(H,91,115)(H,92,124)(H,93,120)(H,94,118)(H,95,111)(H,96,114)(H,97,116)(H,98,122)(H,99,121)(H,100,112)(H,108,109)(H,126,127). The second-order valence-corrected chi connectivity index (χ2v) is 38.6. The lowest BCUT2D eigenvalue weighted by Crippen LogP contribution is -2.46. The minimum absolute atomic E-state index is 0.00116. The Kier molecular flexibility index (Phi) is 43.2. The van der Waals surface area contributed by atoms with E-state index in [1.54, 1.807) is 44.2 Å². The lowest BCUT2D eigenvalue weighted by atomic mass is 10.0. The van der Waals surface area contributed by atoms with Gasteiger partial charge in [0.1, 0.15) is 103 Å². The number of carboxylic acid groups (broad SMARTS) is 2. The highest BCUT2D eigenvalue weighted by atomic mass is 33.1. The average molecular weight is 1970 g/mol. The summed E-state index contributed by atoms with van der Waals surface area (Å²) in [5.74, 6) is -26.4. The van der Waals surface area contributed by atoms with Crippen LogP contribution in [0.2, 0.25) is 0 Å². The number of nitrogens with two attached hydrogens (primary N) is 1. The number of aliphatic hydroxyl groups is 19. The predicted molar refractivity (Wildman–Crippen MR) is 521 cm³/mol. The van der Waals surface area contributed by atoms with Crippen LogP contribution in [0.15, 0.2) is 159 Å². The highest BCUT2D eigenvalue weighted by Gasteiger charge is 2.40. The van der Waals surface area contributed by atoms with Gasteiger partial charge in [-0.05, 0) is 93.3 Å². The van der Waals surface area contributed by atoms with Crippen LogP contribution in [0, 0.1) is 16.7 Å². The number of phenols is 2. The molecule has 7 rings (SSSR count). The number of carbonyl (C=O) groups is 3. The number of hydrogen-bond donors (Lipinski definition) is 26. The summed E-state index contributed by atoms with van der Waals surface area (Å²) in [4.78, 5) is 110. The summed E-state index contributed by atoms with van der Waals surface area (Å²) >= 11 is 0. The summed E-state index contributed by atoms with van der Waals surface area (Å²) < 4.78 is 0. The first-order chi connectivity index (χ1) is 62.9. The molecular weight excluding hydrogens is 1860 g/mol. The van der Waals surface area contributed by atoms with E-state index in [0.29, 0.717) is 11.1 Å². The Morgan fingerprint density at radius 1 is 0.489 bits per heavy atom. The summed E-state index contributed by atoms with van der Waals surface area (Å²) in [6.07, 6.45) is -5.98. The molecule has 27 N–H and O–H groups in total. The van der Waals surface area contributed by atoms with Crippen LogP contribution in [0.4, 0.5) is 0 Å². The van der Waals surface area contributed by atoms with Gasteiger partial charge >= 0.3 is 11.9 Å². The third-order valence-corrected chi connectivity index (χ3v) is 26.9. The van der Waals surface area contributed by atoms with Crippen molar-refractivity contribution in [2.45, 2.75) is 208 Å². The van der Waals surface area contributed by atoms with Gasteiger partial charge in [0.25, 0.3) is 0 Å². The van der Waals surface area contributed by atoms with E-state index in [0.717, 1.165) is 76.6 Å². The van der Waals surface area contributed by atoms with E-state index in [9.17, 15) is 127 Å². The van der Waals surface area contributed by atoms with Gasteiger partial charge in [-0.2, -0.15) is 0 Å². The Balaban J connectivity index is 1.58. The summed E-state index contributed by atoms with van der Waals surface area (Å²) in [6.45, 7) is 5.87. The highest BCUT2D eigenvalue weighted by Crippen LogP contribution is 2.33. The molecule has 46 nitrogen and oxygen atoms in total. The van der Waals surface area contributed by atoms with Gasteiger partial charge in [-0.3, -0.25) is 20.4 Å². The number of aliphatic hydroxyl groups excluding tert-OH is 19. The second-order valence-electron chi connectivity index (χ2n) is 30.9. The van der Waals surface area contributed by atoms with Crippen molar-refractivity contribution in [1.29, 1.82) is 10.8 Å². The number of nitrogens with zero attached hydrogens (tertiary/aromatic N) is 17. The van der Waals surface area contributed by atoms with Crippen molar-refractivity contribution >= 4 is 189 Å². The zero-order valence-corrected chi connectivity index (χ0v) is 77.2. The molecule has 18 unspecified atom stereocenters. The van der Waals surface area contributed by atoms with Crippen molar-refractivity contribution in [2.24, 2.45) is 91.5 Å². The minimum atomic E-state index is -1.99. The summed E-state index contributed by atoms with van der Waals surface area (Å²) in [6, 6.07) is -11.0. The third kappa shape index (κ3) is 35.6. The number of fused-ring (bicyclic) bond motifs is 16. The fourth-order valence-corrected chi connectivity index (χ4v) is 19.4. The normalized spacial score (nSPS) is 25.4. The number of aromatic hydroxyl groups is 2. The number of nitrogens with one attached hydrogen (secondary N) is 2. The zero-order chi connectivity index (χ0) is 98.0. The molecule has 4 aliphatic rings. The van der Waals surface area contributed by atoms with Gasteiger partial charge in [0, 0.05) is 73.2 Å². The molecule has 0 aromatic heterocycles. The quantitative estimate of drug-likeness (QED) is 0.0147. The van der Waals surface area contributed by atoms with Gasteiger partial charge in [0.05, 0.1) is 18.6 Å². The average Bonchev–Trinajstić information content (AvgIpc) is 1.71. The maximum Gasteiger partial charge on any atom is 0.328 e. The maximum atomic E-state index is 15.1. The number of amides is 1. The van der Waals surface area contributed by atoms with Gasteiger partial charge < -0.3 is 128 Å². The number of carbonyl (C=O) groups excluding carboxylic acids is 1. The Morgan fingerprint density at radius 2 is 0.955 bits per heavy atom. The van der Waals surface area contributed by atoms with E-state index in [-0.39, 0.29) is 55.7 Å². The van der Waals surface area contributed by atoms with Crippen LogP contribution in [0.25, 0.3) is 0 Å². The van der Waals surface area contributed by atoms with Gasteiger partial charge in [-0.1, -0.05) is 133 Å². The molecule has 4 aliphatic heterocycles. The molecule has 18 atom stereocenters. The first kappa shape index (κ1) is 108. The van der Waals surface area contributed by atoms with Crippen LogP contribution in [-0.4, -0.2) is 403 Å². The summed E-state index contributed by atoms with van der Waals surface area (Å²) in [5.41, 5.74) is 6.97. The van der Waals surface area contributed by atoms with Crippen LogP contribution >= 0.6 is 64.8 Å². The lowest BCUT2D eigenvalue weighted by Gasteiger charge is -2.27. The largest absolute Gasteiger partial charge is 0.508 e. The number of hydrogen-bond acceptors (Lipinski definition) is 31. The molecular formula is C81H110N20O26S6. The van der Waals surface area contributed by atoms with Crippen LogP contribution in [0.3, 0.4) is 0 Å². The van der Waals surface area contributed by atoms with Crippen molar-refractivity contribution in [3.05, 3.63) is 95.6 Å². The monoisotopic (exact) mass is 1970 g/mol. The molecule has 4 heterocycles. The number of benzene rings is 3. The van der Waals surface area contributed by atoms with Crippen LogP contribution < -0.4 is 5.73 Å². The molecule has 3 aromatic carbocycles. The van der Waals surface area contributed by atoms with E-state index in [2.05, 4.69) is 79.9 Å². The smallest absolute Gasteiger partial charge is 0.328 e. The molecule has 0 radical (unpaired) electrons. The molecule has 1 fully saturated rings. The summed E-state index contributed by atoms with van der Waals surface area (Å²) in [5, 5.41) is 282. The number of rotatable bonds is 27. The Hall–Kier alpha value is -11.9. The van der Waals surface area contributed by atoms with Gasteiger partial charge in [0.15, 0.2) is 29.8 Å². The fourth-order valence-electron chi connectivity index (χ4n) is 12.7. The number of phenolic OH excluding ortho intramolecular Hbond substituents is 2.